The normalized spacial score (nSPS) is 22.8. The molecule has 1 aromatic carbocycles. The van der Waals surface area contributed by atoms with E-state index in [1.54, 1.807) is 29.0 Å². The average Bonchev–Trinajstić information content (AvgIpc) is 3.27. The number of likely N-dealkylation sites (tertiary alicyclic amines) is 1. The zero-order chi connectivity index (χ0) is 20.6. The zero-order valence-corrected chi connectivity index (χ0v) is 17.2. The Morgan fingerprint density at radius 3 is 2.50 bits per heavy atom. The molecule has 2 fully saturated rings. The standard InChI is InChI=1S/C22H22F3N3O.ClH/c23-22(24,25)18-7-5-17(6-8-18)21-12-19(21)14-27(15-21)9-1-2-10-28-11-3-4-16(13-26)20(28)29;/h3-8,11,19H,1-2,9-10,12,14-15H2;1H/t19-,21+;/m0./s1. The summed E-state index contributed by atoms with van der Waals surface area (Å²) in [4.78, 5) is 14.4. The highest BCUT2D eigenvalue weighted by atomic mass is 35.5. The van der Waals surface area contributed by atoms with Crippen molar-refractivity contribution in [3.8, 4) is 6.07 Å². The van der Waals surface area contributed by atoms with Crippen molar-refractivity contribution in [2.75, 3.05) is 19.6 Å². The molecule has 2 atom stereocenters. The van der Waals surface area contributed by atoms with Crippen molar-refractivity contribution < 1.29 is 13.2 Å². The smallest absolute Gasteiger partial charge is 0.314 e. The minimum atomic E-state index is -4.30. The Morgan fingerprint density at radius 1 is 1.13 bits per heavy atom. The molecule has 8 heteroatoms. The third kappa shape index (κ3) is 4.26. The molecule has 30 heavy (non-hydrogen) atoms. The lowest BCUT2D eigenvalue weighted by molar-refractivity contribution is -0.137. The van der Waals surface area contributed by atoms with E-state index in [-0.39, 0.29) is 28.9 Å². The second kappa shape index (κ2) is 8.44. The number of alkyl halides is 3. The number of hydrogen-bond donors (Lipinski definition) is 0. The predicted octanol–water partition coefficient (Wildman–Crippen LogP) is 4.21. The number of aryl methyl sites for hydroxylation is 1. The molecule has 1 saturated heterocycles. The minimum absolute atomic E-state index is 0. The first-order valence-corrected chi connectivity index (χ1v) is 9.83. The Balaban J connectivity index is 0.00000256. The van der Waals surface area contributed by atoms with E-state index in [0.29, 0.717) is 12.5 Å². The predicted molar refractivity (Wildman–Crippen MR) is 110 cm³/mol. The lowest BCUT2D eigenvalue weighted by Gasteiger charge is -2.21. The van der Waals surface area contributed by atoms with Crippen LogP contribution in [0, 0.1) is 17.2 Å². The molecule has 0 N–H and O–H groups in total. The van der Waals surface area contributed by atoms with Gasteiger partial charge in [0.2, 0.25) is 0 Å². The van der Waals surface area contributed by atoms with Gasteiger partial charge in [0.05, 0.1) is 5.56 Å². The number of pyridine rings is 1. The molecular weight excluding hydrogens is 415 g/mol. The van der Waals surface area contributed by atoms with Crippen LogP contribution in [-0.4, -0.2) is 29.1 Å². The quantitative estimate of drug-likeness (QED) is 0.636. The second-order valence-corrected chi connectivity index (χ2v) is 8.11. The van der Waals surface area contributed by atoms with E-state index >= 15 is 0 Å². The van der Waals surface area contributed by atoms with Crippen molar-refractivity contribution in [3.63, 3.8) is 0 Å². The summed E-state index contributed by atoms with van der Waals surface area (Å²) in [6, 6.07) is 10.8. The molecule has 2 aromatic rings. The van der Waals surface area contributed by atoms with Crippen molar-refractivity contribution in [2.24, 2.45) is 5.92 Å². The molecule has 0 amide bonds. The summed E-state index contributed by atoms with van der Waals surface area (Å²) in [5.74, 6) is 0.522. The van der Waals surface area contributed by atoms with Gasteiger partial charge < -0.3 is 9.47 Å². The number of fused-ring (bicyclic) bond motifs is 1. The monoisotopic (exact) mass is 437 g/mol. The molecule has 0 radical (unpaired) electrons. The van der Waals surface area contributed by atoms with Crippen molar-refractivity contribution in [1.82, 2.24) is 9.47 Å². The Bertz CT molecular complexity index is 996. The molecule has 1 aliphatic heterocycles. The van der Waals surface area contributed by atoms with Gasteiger partial charge in [0, 0.05) is 31.2 Å². The van der Waals surface area contributed by atoms with Crippen LogP contribution in [0.5, 0.6) is 0 Å². The first-order chi connectivity index (χ1) is 13.8. The van der Waals surface area contributed by atoms with Crippen LogP contribution in [0.2, 0.25) is 0 Å². The van der Waals surface area contributed by atoms with Crippen molar-refractivity contribution in [3.05, 3.63) is 69.6 Å². The first-order valence-electron chi connectivity index (χ1n) is 9.83. The Hall–Kier alpha value is -2.30. The lowest BCUT2D eigenvalue weighted by atomic mass is 9.94. The Morgan fingerprint density at radius 2 is 1.83 bits per heavy atom. The minimum Gasteiger partial charge on any atom is -0.314 e. The molecule has 0 bridgehead atoms. The molecule has 1 aromatic heterocycles. The molecule has 1 aliphatic carbocycles. The van der Waals surface area contributed by atoms with E-state index in [0.717, 1.165) is 44.5 Å². The van der Waals surface area contributed by atoms with Gasteiger partial charge in [-0.1, -0.05) is 12.1 Å². The van der Waals surface area contributed by atoms with Gasteiger partial charge in [0.25, 0.3) is 5.56 Å². The summed E-state index contributed by atoms with van der Waals surface area (Å²) in [6.45, 7) is 3.35. The Labute approximate surface area is 179 Å². The van der Waals surface area contributed by atoms with Crippen LogP contribution >= 0.6 is 12.4 Å². The summed E-state index contributed by atoms with van der Waals surface area (Å²) < 4.78 is 39.9. The third-order valence-corrected chi connectivity index (χ3v) is 6.27. The van der Waals surface area contributed by atoms with Gasteiger partial charge in [-0.3, -0.25) is 4.79 Å². The van der Waals surface area contributed by atoms with Crippen molar-refractivity contribution in [2.45, 2.75) is 37.4 Å². The van der Waals surface area contributed by atoms with E-state index in [1.807, 2.05) is 6.07 Å². The second-order valence-electron chi connectivity index (χ2n) is 8.11. The highest BCUT2D eigenvalue weighted by molar-refractivity contribution is 5.85. The van der Waals surface area contributed by atoms with Gasteiger partial charge in [0.1, 0.15) is 11.6 Å². The zero-order valence-electron chi connectivity index (χ0n) is 16.4. The average molecular weight is 438 g/mol. The van der Waals surface area contributed by atoms with E-state index < -0.39 is 11.7 Å². The molecule has 4 nitrogen and oxygen atoms in total. The molecule has 2 heterocycles. The van der Waals surface area contributed by atoms with Crippen molar-refractivity contribution in [1.29, 1.82) is 5.26 Å². The molecule has 0 unspecified atom stereocenters. The maximum atomic E-state index is 12.8. The molecule has 1 saturated carbocycles. The summed E-state index contributed by atoms with van der Waals surface area (Å²) in [5.41, 5.74) is 0.338. The maximum absolute atomic E-state index is 12.8. The van der Waals surface area contributed by atoms with Gasteiger partial charge in [0.15, 0.2) is 0 Å². The number of piperidine rings is 1. The topological polar surface area (TPSA) is 49.0 Å². The van der Waals surface area contributed by atoms with Gasteiger partial charge in [-0.05, 0) is 61.6 Å². The molecular formula is C22H23ClF3N3O. The van der Waals surface area contributed by atoms with E-state index in [2.05, 4.69) is 4.90 Å². The summed E-state index contributed by atoms with van der Waals surface area (Å²) in [6.07, 6.45) is 0.219. The van der Waals surface area contributed by atoms with Gasteiger partial charge in [-0.25, -0.2) is 0 Å². The van der Waals surface area contributed by atoms with Crippen LogP contribution in [0.4, 0.5) is 13.2 Å². The highest BCUT2D eigenvalue weighted by Crippen LogP contribution is 2.59. The van der Waals surface area contributed by atoms with Crippen LogP contribution in [0.3, 0.4) is 0 Å². The number of unbranched alkanes of at least 4 members (excludes halogenated alkanes) is 1. The van der Waals surface area contributed by atoms with Gasteiger partial charge in [-0.2, -0.15) is 18.4 Å². The first kappa shape index (κ1) is 22.4. The maximum Gasteiger partial charge on any atom is 0.416 e. The van der Waals surface area contributed by atoms with Crippen LogP contribution in [0.1, 0.15) is 36.0 Å². The van der Waals surface area contributed by atoms with Crippen LogP contribution in [0.15, 0.2) is 47.4 Å². The van der Waals surface area contributed by atoms with Crippen LogP contribution in [-0.2, 0) is 18.1 Å². The van der Waals surface area contributed by atoms with E-state index in [4.69, 9.17) is 5.26 Å². The molecule has 4 rings (SSSR count). The number of hydrogen-bond acceptors (Lipinski definition) is 3. The number of benzene rings is 1. The third-order valence-electron chi connectivity index (χ3n) is 6.27. The number of aromatic nitrogens is 1. The fraction of sp³-hybridized carbons (Fsp3) is 0.455. The number of nitriles is 1. The van der Waals surface area contributed by atoms with Crippen molar-refractivity contribution >= 4 is 12.4 Å². The molecule has 0 spiro atoms. The SMILES string of the molecule is Cl.N#Cc1cccn(CCCCN2C[C@@H]3C[C@]3(c3ccc(C(F)(F)F)cc3)C2)c1=O. The number of nitrogens with zero attached hydrogens (tertiary/aromatic N) is 3. The van der Waals surface area contributed by atoms with Gasteiger partial charge in [-0.15, -0.1) is 12.4 Å². The Kier molecular flexibility index (Phi) is 6.30. The number of halogens is 4. The molecule has 160 valence electrons. The summed E-state index contributed by atoms with van der Waals surface area (Å²) in [5, 5.41) is 8.93. The van der Waals surface area contributed by atoms with Crippen LogP contribution < -0.4 is 5.56 Å². The fourth-order valence-electron chi connectivity index (χ4n) is 4.61. The van der Waals surface area contributed by atoms with E-state index in [9.17, 15) is 18.0 Å². The van der Waals surface area contributed by atoms with Gasteiger partial charge >= 0.3 is 6.18 Å². The van der Waals surface area contributed by atoms with Crippen LogP contribution in [0.25, 0.3) is 0 Å². The summed E-state index contributed by atoms with van der Waals surface area (Å²) in [7, 11) is 0. The number of rotatable bonds is 6. The summed E-state index contributed by atoms with van der Waals surface area (Å²) >= 11 is 0. The largest absolute Gasteiger partial charge is 0.416 e. The van der Waals surface area contributed by atoms with E-state index in [1.165, 1.54) is 18.2 Å². The lowest BCUT2D eigenvalue weighted by Crippen LogP contribution is -2.28. The fourth-order valence-corrected chi connectivity index (χ4v) is 4.61. The molecule has 2 aliphatic rings. The highest BCUT2D eigenvalue weighted by Gasteiger charge is 2.60.